The fraction of sp³-hybridized carbons (Fsp3) is 0.500. The maximum Gasteiger partial charge on any atom is 2.00 e. The first-order chi connectivity index (χ1) is 16.6. The van der Waals surface area contributed by atoms with E-state index in [1.165, 1.54) is 32.5 Å². The average Bonchev–Trinajstić information content (AvgIpc) is 2.94. The molecule has 2 aromatic carbocycles. The molecule has 0 aliphatic carbocycles. The number of nitrogens with zero attached hydrogens (tertiary/aromatic N) is 1. The van der Waals surface area contributed by atoms with Crippen molar-refractivity contribution in [2.75, 3.05) is 19.6 Å². The smallest absolute Gasteiger partial charge is 0.541 e. The van der Waals surface area contributed by atoms with E-state index in [0.717, 1.165) is 16.7 Å². The van der Waals surface area contributed by atoms with Gasteiger partial charge >= 0.3 is 27.0 Å². The molecule has 0 spiro atoms. The Hall–Kier alpha value is -1.77. The minimum Gasteiger partial charge on any atom is -0.541 e. The fourth-order valence-electron chi connectivity index (χ4n) is 2.77. The van der Waals surface area contributed by atoms with Crippen LogP contribution in [-0.2, 0) is 37.1 Å². The van der Waals surface area contributed by atoms with Crippen molar-refractivity contribution < 1.29 is 35.8 Å². The Kier molecular flexibility index (Phi) is 37.2. The molecule has 1 saturated heterocycles. The molecule has 3 rings (SSSR count). The Labute approximate surface area is 230 Å². The Morgan fingerprint density at radius 1 is 0.886 bits per heavy atom. The number of aliphatic carboxylic acids is 1. The minimum atomic E-state index is -0.745. The van der Waals surface area contributed by atoms with Crippen molar-refractivity contribution >= 4 is 12.3 Å². The van der Waals surface area contributed by atoms with E-state index in [0.29, 0.717) is 6.42 Å². The Morgan fingerprint density at radius 3 is 1.74 bits per heavy atom. The van der Waals surface area contributed by atoms with Crippen LogP contribution < -0.4 is 0 Å². The zero-order valence-electron chi connectivity index (χ0n) is 23.3. The number of hydrogen-bond donors (Lipinski definition) is 1. The van der Waals surface area contributed by atoms with Crippen LogP contribution in [-0.4, -0.2) is 41.9 Å². The van der Waals surface area contributed by atoms with E-state index in [1.54, 1.807) is 6.92 Å². The SMILES string of the molecule is CC.CC.CC.CCC(=O)O.CCN1CC[CH-]CC1.O=[C-]Cc1ccccc1-c1ccccc1.[W+2]. The summed E-state index contributed by atoms with van der Waals surface area (Å²) < 4.78 is 0. The maximum absolute atomic E-state index is 10.4. The molecule has 0 bridgehead atoms. The summed E-state index contributed by atoms with van der Waals surface area (Å²) in [5.41, 5.74) is 3.28. The number of carboxylic acids is 1. The largest absolute Gasteiger partial charge is 2.00 e. The molecule has 0 unspecified atom stereocenters. The van der Waals surface area contributed by atoms with Gasteiger partial charge in [0, 0.05) is 6.42 Å². The van der Waals surface area contributed by atoms with Crippen LogP contribution in [0.25, 0.3) is 11.1 Å². The number of hydrogen-bond acceptors (Lipinski definition) is 3. The zero-order valence-corrected chi connectivity index (χ0v) is 26.3. The molecule has 5 heteroatoms. The maximum atomic E-state index is 10.4. The number of rotatable bonds is 5. The second-order valence-corrected chi connectivity index (χ2v) is 6.39. The van der Waals surface area contributed by atoms with Crippen LogP contribution in [0.15, 0.2) is 54.6 Å². The molecule has 4 nitrogen and oxygen atoms in total. The number of benzene rings is 2. The molecule has 198 valence electrons. The molecule has 0 saturated carbocycles. The third-order valence-electron chi connectivity index (χ3n) is 4.41. The van der Waals surface area contributed by atoms with E-state index in [9.17, 15) is 9.59 Å². The van der Waals surface area contributed by atoms with Gasteiger partial charge in [-0.2, -0.15) is 12.8 Å². The summed E-state index contributed by atoms with van der Waals surface area (Å²) in [5, 5.41) is 7.72. The number of piperidine rings is 1. The van der Waals surface area contributed by atoms with Crippen molar-refractivity contribution in [3.63, 3.8) is 0 Å². The Bertz CT molecular complexity index is 687. The standard InChI is InChI=1S/C14H11O.C7H14N.C3H6O2.3C2H6.W/c15-11-10-13-8-4-5-9-14(13)12-6-2-1-3-7-12;1-2-8-6-4-3-5-7-8;1-2-3(4)5;3*1-2;/h1-9H,10H2;3H,2,4-7H2,1H3;2H2,1H3,(H,4,5);3*1-2H3;/q2*-1;;;;;+2. The molecular formula is C30H49NO3W. The number of carboxylic acid groups (broad SMARTS) is 1. The first kappa shape index (κ1) is 40.4. The van der Waals surface area contributed by atoms with Gasteiger partial charge in [0.25, 0.3) is 0 Å². The first-order valence-electron chi connectivity index (χ1n) is 12.9. The molecule has 0 radical (unpaired) electrons. The van der Waals surface area contributed by atoms with Crippen molar-refractivity contribution in [3.8, 4) is 11.1 Å². The molecule has 0 aromatic heterocycles. The molecule has 1 aliphatic heterocycles. The third kappa shape index (κ3) is 22.4. The number of carbonyl (C=O) groups excluding carboxylic acids is 1. The summed E-state index contributed by atoms with van der Waals surface area (Å²) in [6, 6.07) is 18.0. The summed E-state index contributed by atoms with van der Waals surface area (Å²) in [6.45, 7) is 19.6. The van der Waals surface area contributed by atoms with E-state index in [-0.39, 0.29) is 27.5 Å². The van der Waals surface area contributed by atoms with E-state index < -0.39 is 5.97 Å². The second kappa shape index (κ2) is 32.2. The van der Waals surface area contributed by atoms with Gasteiger partial charge in [0.15, 0.2) is 0 Å². The second-order valence-electron chi connectivity index (χ2n) is 6.39. The van der Waals surface area contributed by atoms with Gasteiger partial charge in [-0.1, -0.05) is 116 Å². The third-order valence-corrected chi connectivity index (χ3v) is 4.41. The van der Waals surface area contributed by atoms with Gasteiger partial charge < -0.3 is 21.2 Å². The number of likely N-dealkylation sites (tertiary alicyclic amines) is 1. The molecule has 35 heavy (non-hydrogen) atoms. The molecular weight excluding hydrogens is 606 g/mol. The molecule has 0 atom stereocenters. The molecule has 1 heterocycles. The summed E-state index contributed by atoms with van der Waals surface area (Å²) >= 11 is 0. The van der Waals surface area contributed by atoms with Crippen molar-refractivity contribution in [3.05, 3.63) is 66.6 Å². The molecule has 2 aromatic rings. The quantitative estimate of drug-likeness (QED) is 0.334. The van der Waals surface area contributed by atoms with Gasteiger partial charge in [0.1, 0.15) is 0 Å². The predicted molar refractivity (Wildman–Crippen MR) is 149 cm³/mol. The van der Waals surface area contributed by atoms with Crippen LogP contribution in [0.3, 0.4) is 0 Å². The van der Waals surface area contributed by atoms with Crippen molar-refractivity contribution in [2.24, 2.45) is 0 Å². The fourth-order valence-corrected chi connectivity index (χ4v) is 2.77. The summed E-state index contributed by atoms with van der Waals surface area (Å²) in [6.07, 6.45) is 7.50. The zero-order chi connectivity index (χ0) is 26.6. The van der Waals surface area contributed by atoms with Crippen LogP contribution in [0.2, 0.25) is 0 Å². The average molecular weight is 656 g/mol. The number of carbonyl (C=O) groups is 1. The van der Waals surface area contributed by atoms with Gasteiger partial charge in [-0.3, -0.25) is 11.1 Å². The van der Waals surface area contributed by atoms with Crippen molar-refractivity contribution in [2.45, 2.75) is 81.1 Å². The van der Waals surface area contributed by atoms with Crippen molar-refractivity contribution in [1.29, 1.82) is 0 Å². The molecule has 1 fully saturated rings. The van der Waals surface area contributed by atoms with Crippen LogP contribution >= 0.6 is 0 Å². The summed E-state index contributed by atoms with van der Waals surface area (Å²) in [7, 11) is 0. The van der Waals surface area contributed by atoms with Crippen LogP contribution in [0.5, 0.6) is 0 Å². The van der Waals surface area contributed by atoms with Gasteiger partial charge in [-0.15, -0.1) is 6.42 Å². The predicted octanol–water partition coefficient (Wildman–Crippen LogP) is 7.87. The first-order valence-corrected chi connectivity index (χ1v) is 12.9. The Balaban J connectivity index is -0.000000205. The minimum absolute atomic E-state index is 0. The normalized spacial score (nSPS) is 11.2. The van der Waals surface area contributed by atoms with Crippen molar-refractivity contribution in [1.82, 2.24) is 4.90 Å². The van der Waals surface area contributed by atoms with E-state index in [2.05, 4.69) is 18.2 Å². The summed E-state index contributed by atoms with van der Waals surface area (Å²) in [4.78, 5) is 22.3. The van der Waals surface area contributed by atoms with Crippen LogP contribution in [0.4, 0.5) is 0 Å². The van der Waals surface area contributed by atoms with E-state index in [1.807, 2.05) is 102 Å². The molecule has 0 amide bonds. The molecule has 1 N–H and O–H groups in total. The van der Waals surface area contributed by atoms with Gasteiger partial charge in [0.2, 0.25) is 0 Å². The summed E-state index contributed by atoms with van der Waals surface area (Å²) in [5.74, 6) is -0.745. The van der Waals surface area contributed by atoms with Gasteiger partial charge in [-0.25, -0.2) is 0 Å². The monoisotopic (exact) mass is 655 g/mol. The van der Waals surface area contributed by atoms with Crippen LogP contribution in [0.1, 0.15) is 80.2 Å². The topological polar surface area (TPSA) is 57.6 Å². The van der Waals surface area contributed by atoms with E-state index in [4.69, 9.17) is 5.11 Å². The molecule has 1 aliphatic rings. The van der Waals surface area contributed by atoms with E-state index >= 15 is 0 Å². The van der Waals surface area contributed by atoms with Gasteiger partial charge in [-0.05, 0) is 30.8 Å². The van der Waals surface area contributed by atoms with Gasteiger partial charge in [0.05, 0.1) is 0 Å². The Morgan fingerprint density at radius 2 is 1.34 bits per heavy atom. The van der Waals surface area contributed by atoms with Crippen LogP contribution in [0, 0.1) is 6.42 Å².